The van der Waals surface area contributed by atoms with Gasteiger partial charge in [-0.2, -0.15) is 0 Å². The van der Waals surface area contributed by atoms with Crippen LogP contribution in [0, 0.1) is 0 Å². The van der Waals surface area contributed by atoms with E-state index < -0.39 is 7.12 Å². The molecule has 0 saturated heterocycles. The van der Waals surface area contributed by atoms with Gasteiger partial charge in [0.05, 0.1) is 0 Å². The Balaban J connectivity index is 1.42. The Labute approximate surface area is 169 Å². The topological polar surface area (TPSA) is 58.9 Å². The highest BCUT2D eigenvalue weighted by atomic mass is 16.5. The number of hydrogen-bond donors (Lipinski definition) is 2. The molecule has 0 atom stereocenters. The lowest BCUT2D eigenvalue weighted by atomic mass is 9.80. The molecule has 4 rings (SSSR count). The van der Waals surface area contributed by atoms with Crippen molar-refractivity contribution in [1.29, 1.82) is 0 Å². The molecule has 4 aromatic rings. The second-order valence-electron chi connectivity index (χ2n) is 6.51. The smallest absolute Gasteiger partial charge is 0.457 e. The molecule has 0 aromatic heterocycles. The predicted molar refractivity (Wildman–Crippen MR) is 115 cm³/mol. The zero-order valence-corrected chi connectivity index (χ0v) is 15.6. The SMILES string of the molecule is OB(O)c1ccc(Oc2ccc(-c3ccc(Oc4ccccc4)cc3)cc2)cc1. The molecular formula is C24H19BO4. The first-order chi connectivity index (χ1) is 14.2. The third-order valence-electron chi connectivity index (χ3n) is 4.43. The van der Waals surface area contributed by atoms with Gasteiger partial charge in [-0.15, -0.1) is 0 Å². The van der Waals surface area contributed by atoms with Crippen LogP contribution in [0.25, 0.3) is 11.1 Å². The number of ether oxygens (including phenoxy) is 2. The first-order valence-corrected chi connectivity index (χ1v) is 9.25. The summed E-state index contributed by atoms with van der Waals surface area (Å²) in [7, 11) is -1.48. The molecule has 142 valence electrons. The number of hydrogen-bond acceptors (Lipinski definition) is 4. The lowest BCUT2D eigenvalue weighted by Crippen LogP contribution is -2.29. The van der Waals surface area contributed by atoms with Gasteiger partial charge in [-0.05, 0) is 65.1 Å². The van der Waals surface area contributed by atoms with E-state index >= 15 is 0 Å². The minimum atomic E-state index is -1.48. The maximum absolute atomic E-state index is 9.14. The van der Waals surface area contributed by atoms with E-state index in [4.69, 9.17) is 19.5 Å². The van der Waals surface area contributed by atoms with Gasteiger partial charge in [0.1, 0.15) is 23.0 Å². The Hall–Kier alpha value is -3.54. The number of para-hydroxylation sites is 1. The van der Waals surface area contributed by atoms with Crippen molar-refractivity contribution in [3.63, 3.8) is 0 Å². The zero-order chi connectivity index (χ0) is 20.1. The van der Waals surface area contributed by atoms with Crippen LogP contribution in [0.15, 0.2) is 103 Å². The molecule has 0 aliphatic heterocycles. The standard InChI is InChI=1S/C24H19BO4/c26-25(27)20-10-16-24(17-11-20)29-23-14-8-19(9-15-23)18-6-12-22(13-7-18)28-21-4-2-1-3-5-21/h1-17,26-27H. The fourth-order valence-corrected chi connectivity index (χ4v) is 2.90. The maximum atomic E-state index is 9.14. The van der Waals surface area contributed by atoms with Crippen molar-refractivity contribution >= 4 is 12.6 Å². The Bertz CT molecular complexity index is 1040. The maximum Gasteiger partial charge on any atom is 0.488 e. The first-order valence-electron chi connectivity index (χ1n) is 9.25. The van der Waals surface area contributed by atoms with E-state index in [0.29, 0.717) is 17.0 Å². The minimum absolute atomic E-state index is 0.424. The van der Waals surface area contributed by atoms with Gasteiger partial charge in [0.15, 0.2) is 0 Å². The van der Waals surface area contributed by atoms with E-state index in [1.54, 1.807) is 24.3 Å². The molecule has 0 spiro atoms. The summed E-state index contributed by atoms with van der Waals surface area (Å²) >= 11 is 0. The molecule has 29 heavy (non-hydrogen) atoms. The van der Waals surface area contributed by atoms with E-state index in [0.717, 1.165) is 22.6 Å². The first kappa shape index (κ1) is 18.8. The Kier molecular flexibility index (Phi) is 5.61. The van der Waals surface area contributed by atoms with Crippen molar-refractivity contribution in [2.45, 2.75) is 0 Å². The van der Waals surface area contributed by atoms with Gasteiger partial charge in [-0.25, -0.2) is 0 Å². The fourth-order valence-electron chi connectivity index (χ4n) is 2.90. The molecule has 0 heterocycles. The van der Waals surface area contributed by atoms with E-state index in [9.17, 15) is 0 Å². The van der Waals surface area contributed by atoms with Crippen LogP contribution in [-0.2, 0) is 0 Å². The quantitative estimate of drug-likeness (QED) is 0.478. The number of benzene rings is 4. The summed E-state index contributed by atoms with van der Waals surface area (Å²) in [5.41, 5.74) is 2.58. The fraction of sp³-hybridized carbons (Fsp3) is 0. The third kappa shape index (κ3) is 4.85. The Morgan fingerprint density at radius 2 is 0.828 bits per heavy atom. The average Bonchev–Trinajstić information content (AvgIpc) is 2.76. The molecule has 5 heteroatoms. The van der Waals surface area contributed by atoms with Crippen LogP contribution in [-0.4, -0.2) is 17.2 Å². The van der Waals surface area contributed by atoms with Crippen molar-refractivity contribution < 1.29 is 19.5 Å². The van der Waals surface area contributed by atoms with Crippen molar-refractivity contribution in [3.05, 3.63) is 103 Å². The molecule has 0 bridgehead atoms. The molecule has 4 nitrogen and oxygen atoms in total. The van der Waals surface area contributed by atoms with Crippen LogP contribution >= 0.6 is 0 Å². The molecule has 0 aliphatic rings. The summed E-state index contributed by atoms with van der Waals surface area (Å²) in [5.74, 6) is 2.93. The van der Waals surface area contributed by atoms with Gasteiger partial charge < -0.3 is 19.5 Å². The molecule has 0 aliphatic carbocycles. The number of rotatable bonds is 6. The highest BCUT2D eigenvalue weighted by molar-refractivity contribution is 6.58. The summed E-state index contributed by atoms with van der Waals surface area (Å²) in [6.07, 6.45) is 0. The Morgan fingerprint density at radius 3 is 1.24 bits per heavy atom. The van der Waals surface area contributed by atoms with Crippen molar-refractivity contribution in [2.75, 3.05) is 0 Å². The molecule has 0 saturated carbocycles. The molecule has 0 unspecified atom stereocenters. The van der Waals surface area contributed by atoms with E-state index in [-0.39, 0.29) is 0 Å². The lowest BCUT2D eigenvalue weighted by Gasteiger charge is -2.09. The summed E-state index contributed by atoms with van der Waals surface area (Å²) in [5, 5.41) is 18.3. The second kappa shape index (κ2) is 8.65. The normalized spacial score (nSPS) is 10.4. The highest BCUT2D eigenvalue weighted by Crippen LogP contribution is 2.28. The van der Waals surface area contributed by atoms with Gasteiger partial charge in [-0.3, -0.25) is 0 Å². The average molecular weight is 382 g/mol. The van der Waals surface area contributed by atoms with Crippen molar-refractivity contribution in [1.82, 2.24) is 0 Å². The summed E-state index contributed by atoms with van der Waals surface area (Å²) in [4.78, 5) is 0. The summed E-state index contributed by atoms with van der Waals surface area (Å²) < 4.78 is 11.6. The van der Waals surface area contributed by atoms with Crippen LogP contribution in [0.4, 0.5) is 0 Å². The van der Waals surface area contributed by atoms with Gasteiger partial charge in [0.25, 0.3) is 0 Å². The van der Waals surface area contributed by atoms with Gasteiger partial charge in [-0.1, -0.05) is 54.6 Å². The van der Waals surface area contributed by atoms with Gasteiger partial charge in [0.2, 0.25) is 0 Å². The Morgan fingerprint density at radius 1 is 0.448 bits per heavy atom. The minimum Gasteiger partial charge on any atom is -0.457 e. The third-order valence-corrected chi connectivity index (χ3v) is 4.43. The lowest BCUT2D eigenvalue weighted by molar-refractivity contribution is 0.425. The molecule has 0 amide bonds. The monoisotopic (exact) mass is 382 g/mol. The van der Waals surface area contributed by atoms with Crippen molar-refractivity contribution in [2.24, 2.45) is 0 Å². The second-order valence-corrected chi connectivity index (χ2v) is 6.51. The van der Waals surface area contributed by atoms with Crippen LogP contribution in [0.1, 0.15) is 0 Å². The van der Waals surface area contributed by atoms with Crippen LogP contribution in [0.5, 0.6) is 23.0 Å². The highest BCUT2D eigenvalue weighted by Gasteiger charge is 2.10. The molecule has 2 N–H and O–H groups in total. The molecular weight excluding hydrogens is 363 g/mol. The largest absolute Gasteiger partial charge is 0.488 e. The van der Waals surface area contributed by atoms with Crippen molar-refractivity contribution in [3.8, 4) is 34.1 Å². The molecule has 0 radical (unpaired) electrons. The van der Waals surface area contributed by atoms with Gasteiger partial charge in [0, 0.05) is 0 Å². The predicted octanol–water partition coefficient (Wildman–Crippen LogP) is 4.62. The molecule has 0 fully saturated rings. The van der Waals surface area contributed by atoms with Crippen LogP contribution in [0.2, 0.25) is 0 Å². The van der Waals surface area contributed by atoms with E-state index in [1.165, 1.54) is 0 Å². The van der Waals surface area contributed by atoms with Crippen LogP contribution in [0.3, 0.4) is 0 Å². The van der Waals surface area contributed by atoms with Gasteiger partial charge >= 0.3 is 7.12 Å². The zero-order valence-electron chi connectivity index (χ0n) is 15.6. The summed E-state index contributed by atoms with van der Waals surface area (Å²) in [6, 6.07) is 32.1. The van der Waals surface area contributed by atoms with Crippen LogP contribution < -0.4 is 14.9 Å². The summed E-state index contributed by atoms with van der Waals surface area (Å²) in [6.45, 7) is 0. The molecule has 4 aromatic carbocycles. The van der Waals surface area contributed by atoms with E-state index in [2.05, 4.69) is 0 Å². The van der Waals surface area contributed by atoms with E-state index in [1.807, 2.05) is 78.9 Å².